The molecule has 0 aliphatic rings. The van der Waals surface area contributed by atoms with Gasteiger partial charge in [0.25, 0.3) is 5.56 Å². The summed E-state index contributed by atoms with van der Waals surface area (Å²) in [5.41, 5.74) is 4.44. The lowest BCUT2D eigenvalue weighted by Crippen LogP contribution is -2.33. The molecule has 0 aliphatic heterocycles. The average Bonchev–Trinajstić information content (AvgIpc) is 3.33. The number of nitrogens with zero attached hydrogens (tertiary/aromatic N) is 1. The highest BCUT2D eigenvalue weighted by Crippen LogP contribution is 2.27. The van der Waals surface area contributed by atoms with Crippen molar-refractivity contribution >= 4 is 21.8 Å². The molecule has 5 aromatic rings. The highest BCUT2D eigenvalue weighted by atomic mass is 16.5. The molecule has 0 saturated carbocycles. The molecule has 0 fully saturated rings. The minimum Gasteiger partial charge on any atom is -0.492 e. The number of fused-ring (bicyclic) bond motifs is 2. The molecule has 2 heterocycles. The number of nitrogens with one attached hydrogen (secondary N) is 2. The van der Waals surface area contributed by atoms with Crippen molar-refractivity contribution in [2.75, 3.05) is 40.0 Å². The number of benzene rings is 3. The topological polar surface area (TPSA) is 70.3 Å². The van der Waals surface area contributed by atoms with Crippen molar-refractivity contribution in [3.63, 3.8) is 0 Å². The number of aromatic amines is 2. The minimum atomic E-state index is -0.108. The van der Waals surface area contributed by atoms with Gasteiger partial charge in [-0.3, -0.25) is 9.69 Å². The lowest BCUT2D eigenvalue weighted by Gasteiger charge is -2.22. The number of para-hydroxylation sites is 1. The third kappa shape index (κ3) is 5.67. The number of ether oxygens (including phenoxy) is 2. The van der Waals surface area contributed by atoms with Crippen LogP contribution in [0.25, 0.3) is 33.1 Å². The summed E-state index contributed by atoms with van der Waals surface area (Å²) in [6, 6.07) is 28.3. The lowest BCUT2D eigenvalue weighted by molar-refractivity contribution is 0.135. The predicted octanol–water partition coefficient (Wildman–Crippen LogP) is 5.25. The molecule has 6 nitrogen and oxygen atoms in total. The molecule has 0 bridgehead atoms. The molecule has 0 spiro atoms. The third-order valence-electron chi connectivity index (χ3n) is 6.48. The summed E-state index contributed by atoms with van der Waals surface area (Å²) in [4.78, 5) is 21.4. The smallest absolute Gasteiger partial charge is 0.257 e. The van der Waals surface area contributed by atoms with E-state index in [1.807, 2.05) is 60.7 Å². The third-order valence-corrected chi connectivity index (χ3v) is 6.48. The first-order chi connectivity index (χ1) is 17.7. The lowest BCUT2D eigenvalue weighted by atomic mass is 10.1. The van der Waals surface area contributed by atoms with Gasteiger partial charge in [0.15, 0.2) is 0 Å². The minimum absolute atomic E-state index is 0.108. The Balaban J connectivity index is 1.25. The summed E-state index contributed by atoms with van der Waals surface area (Å²) in [7, 11) is 1.73. The van der Waals surface area contributed by atoms with Crippen LogP contribution in [0.4, 0.5) is 0 Å². The summed E-state index contributed by atoms with van der Waals surface area (Å²) in [6.45, 7) is 3.93. The molecule has 2 N–H and O–H groups in total. The highest BCUT2D eigenvalue weighted by Gasteiger charge is 2.10. The molecule has 0 saturated heterocycles. The fourth-order valence-corrected chi connectivity index (χ4v) is 4.47. The average molecular weight is 482 g/mol. The van der Waals surface area contributed by atoms with Gasteiger partial charge in [-0.1, -0.05) is 48.5 Å². The largest absolute Gasteiger partial charge is 0.492 e. The van der Waals surface area contributed by atoms with E-state index < -0.39 is 0 Å². The van der Waals surface area contributed by atoms with Crippen LogP contribution in [0.3, 0.4) is 0 Å². The summed E-state index contributed by atoms with van der Waals surface area (Å²) >= 11 is 0. The number of H-pyrrole nitrogens is 2. The number of pyridine rings is 1. The fourth-order valence-electron chi connectivity index (χ4n) is 4.47. The van der Waals surface area contributed by atoms with Gasteiger partial charge in [0.05, 0.1) is 17.9 Å². The van der Waals surface area contributed by atoms with Gasteiger partial charge in [0.2, 0.25) is 0 Å². The normalized spacial score (nSPS) is 11.5. The highest BCUT2D eigenvalue weighted by molar-refractivity contribution is 5.89. The van der Waals surface area contributed by atoms with E-state index in [9.17, 15) is 4.79 Å². The van der Waals surface area contributed by atoms with Crippen molar-refractivity contribution in [3.05, 3.63) is 101 Å². The zero-order chi connectivity index (χ0) is 24.7. The van der Waals surface area contributed by atoms with Crippen molar-refractivity contribution < 1.29 is 9.47 Å². The monoisotopic (exact) mass is 481 g/mol. The Morgan fingerprint density at radius 1 is 0.750 bits per heavy atom. The summed E-state index contributed by atoms with van der Waals surface area (Å²) in [5, 5.41) is 2.01. The maximum atomic E-state index is 12.7. The molecular weight excluding hydrogens is 450 g/mol. The molecule has 2 aromatic heterocycles. The van der Waals surface area contributed by atoms with Gasteiger partial charge < -0.3 is 19.4 Å². The number of methoxy groups -OCH3 is 1. The molecule has 0 amide bonds. The van der Waals surface area contributed by atoms with Crippen molar-refractivity contribution in [1.29, 1.82) is 0 Å². The summed E-state index contributed by atoms with van der Waals surface area (Å²) < 4.78 is 11.4. The van der Waals surface area contributed by atoms with Gasteiger partial charge in [-0.25, -0.2) is 0 Å². The van der Waals surface area contributed by atoms with Crippen molar-refractivity contribution in [1.82, 2.24) is 14.9 Å². The number of aromatic nitrogens is 2. The Labute approximate surface area is 210 Å². The second kappa shape index (κ2) is 11.2. The Hall–Kier alpha value is -3.87. The van der Waals surface area contributed by atoms with Gasteiger partial charge in [0, 0.05) is 43.2 Å². The van der Waals surface area contributed by atoms with Gasteiger partial charge in [0.1, 0.15) is 12.4 Å². The van der Waals surface area contributed by atoms with E-state index in [0.29, 0.717) is 18.8 Å². The van der Waals surface area contributed by atoms with Crippen molar-refractivity contribution in [2.24, 2.45) is 0 Å². The second-order valence-corrected chi connectivity index (χ2v) is 8.95. The van der Waals surface area contributed by atoms with Gasteiger partial charge in [-0.15, -0.1) is 0 Å². The number of hydrogen-bond donors (Lipinski definition) is 2. The standard InChI is InChI=1S/C30H31N3O3/c1-35-17-15-33(14-13-22-7-3-2-4-8-22)16-18-36-25-11-12-28-24(19-25)21-29(31-28)26-20-23-9-5-6-10-27(23)32-30(26)34/h2-12,19-21,31H,13-18H2,1H3,(H,32,34). The SMILES string of the molecule is COCCN(CCOc1ccc2[nH]c(-c3cc4ccccc4[nH]c3=O)cc2c1)CCc1ccccc1. The number of hydrogen-bond acceptors (Lipinski definition) is 4. The van der Waals surface area contributed by atoms with Gasteiger partial charge >= 0.3 is 0 Å². The Morgan fingerprint density at radius 3 is 2.39 bits per heavy atom. The van der Waals surface area contributed by atoms with Crippen LogP contribution in [-0.4, -0.2) is 54.8 Å². The molecule has 5 rings (SSSR count). The summed E-state index contributed by atoms with van der Waals surface area (Å²) in [5.74, 6) is 0.815. The molecule has 184 valence electrons. The van der Waals surface area contributed by atoms with E-state index in [1.54, 1.807) is 7.11 Å². The van der Waals surface area contributed by atoms with Crippen LogP contribution in [0.2, 0.25) is 0 Å². The van der Waals surface area contributed by atoms with Crippen LogP contribution in [0, 0.1) is 0 Å². The van der Waals surface area contributed by atoms with Crippen LogP contribution in [0.15, 0.2) is 89.7 Å². The van der Waals surface area contributed by atoms with Gasteiger partial charge in [-0.2, -0.15) is 0 Å². The van der Waals surface area contributed by atoms with Crippen molar-refractivity contribution in [3.8, 4) is 17.0 Å². The first-order valence-corrected chi connectivity index (χ1v) is 12.3. The molecule has 36 heavy (non-hydrogen) atoms. The van der Waals surface area contributed by atoms with E-state index in [2.05, 4.69) is 39.1 Å². The molecule has 0 aliphatic carbocycles. The van der Waals surface area contributed by atoms with Crippen LogP contribution < -0.4 is 10.3 Å². The summed E-state index contributed by atoms with van der Waals surface area (Å²) in [6.07, 6.45) is 0.997. The maximum absolute atomic E-state index is 12.7. The van der Waals surface area contributed by atoms with Crippen LogP contribution in [-0.2, 0) is 11.2 Å². The fraction of sp³-hybridized carbons (Fsp3) is 0.233. The van der Waals surface area contributed by atoms with Crippen molar-refractivity contribution in [2.45, 2.75) is 6.42 Å². The van der Waals surface area contributed by atoms with Gasteiger partial charge in [-0.05, 0) is 53.8 Å². The zero-order valence-electron chi connectivity index (χ0n) is 20.5. The zero-order valence-corrected chi connectivity index (χ0v) is 20.5. The number of rotatable bonds is 11. The molecule has 0 unspecified atom stereocenters. The Morgan fingerprint density at radius 2 is 1.53 bits per heavy atom. The molecule has 3 aromatic carbocycles. The molecule has 6 heteroatoms. The van der Waals surface area contributed by atoms with Crippen LogP contribution >= 0.6 is 0 Å². The van der Waals surface area contributed by atoms with Crippen LogP contribution in [0.1, 0.15) is 5.56 Å². The first kappa shape index (κ1) is 23.9. The van der Waals surface area contributed by atoms with E-state index in [0.717, 1.165) is 59.3 Å². The maximum Gasteiger partial charge on any atom is 0.257 e. The van der Waals surface area contributed by atoms with E-state index in [4.69, 9.17) is 9.47 Å². The van der Waals surface area contributed by atoms with E-state index in [-0.39, 0.29) is 5.56 Å². The molecule has 0 atom stereocenters. The first-order valence-electron chi connectivity index (χ1n) is 12.3. The molecule has 0 radical (unpaired) electrons. The molecular formula is C30H31N3O3. The van der Waals surface area contributed by atoms with Crippen LogP contribution in [0.5, 0.6) is 5.75 Å². The van der Waals surface area contributed by atoms with E-state index in [1.165, 1.54) is 5.56 Å². The quantitative estimate of drug-likeness (QED) is 0.270. The predicted molar refractivity (Wildman–Crippen MR) is 146 cm³/mol. The Kier molecular flexibility index (Phi) is 7.45. The Bertz CT molecular complexity index is 1490. The second-order valence-electron chi connectivity index (χ2n) is 8.95. The van der Waals surface area contributed by atoms with E-state index >= 15 is 0 Å².